The molecule has 7 nitrogen and oxygen atoms in total. The van der Waals surface area contributed by atoms with Crippen LogP contribution < -0.4 is 16.0 Å². The fourth-order valence-corrected chi connectivity index (χ4v) is 3.50. The number of hydrogen-bond acceptors (Lipinski definition) is 4. The molecule has 3 N–H and O–H groups in total. The lowest BCUT2D eigenvalue weighted by Gasteiger charge is -2.26. The molecule has 1 fully saturated rings. The highest BCUT2D eigenvalue weighted by Gasteiger charge is 2.12. The van der Waals surface area contributed by atoms with Crippen LogP contribution in [0.3, 0.4) is 0 Å². The standard InChI is InChI=1S/C23H30ClN5O2/c1-25-23(27-17-19-6-2-3-8-21(19)24)26-16-18-5-4-7-20(15-18)28-22(30)9-10-29-11-13-31-14-12-29/h2-8,15H,9-14,16-17H2,1H3,(H,28,30)(H2,25,26,27). The first-order chi connectivity index (χ1) is 15.1. The number of carbonyl (C=O) groups excluding carboxylic acids is 1. The molecule has 0 atom stereocenters. The molecule has 2 aromatic rings. The van der Waals surface area contributed by atoms with Gasteiger partial charge in [-0.1, -0.05) is 41.9 Å². The third kappa shape index (κ3) is 7.86. The van der Waals surface area contributed by atoms with Crippen molar-refractivity contribution in [2.75, 3.05) is 45.2 Å². The number of nitrogens with one attached hydrogen (secondary N) is 3. The lowest BCUT2D eigenvalue weighted by molar-refractivity contribution is -0.116. The SMILES string of the molecule is CN=C(NCc1cccc(NC(=O)CCN2CCOCC2)c1)NCc1ccccc1Cl. The van der Waals surface area contributed by atoms with E-state index in [-0.39, 0.29) is 5.91 Å². The molecule has 1 aliphatic heterocycles. The molecule has 0 aliphatic carbocycles. The Morgan fingerprint density at radius 3 is 2.65 bits per heavy atom. The number of ether oxygens (including phenoxy) is 1. The number of anilines is 1. The van der Waals surface area contributed by atoms with Crippen LogP contribution in [-0.4, -0.2) is 56.7 Å². The maximum absolute atomic E-state index is 12.3. The maximum atomic E-state index is 12.3. The number of nitrogens with zero attached hydrogens (tertiary/aromatic N) is 2. The molecule has 1 aliphatic rings. The summed E-state index contributed by atoms with van der Waals surface area (Å²) in [7, 11) is 1.73. The molecule has 166 valence electrons. The van der Waals surface area contributed by atoms with Gasteiger partial charge in [0.25, 0.3) is 0 Å². The molecule has 0 radical (unpaired) electrons. The van der Waals surface area contributed by atoms with Gasteiger partial charge in [0.2, 0.25) is 5.91 Å². The number of carbonyl (C=O) groups is 1. The summed E-state index contributed by atoms with van der Waals surface area (Å²) in [5.74, 6) is 0.702. The van der Waals surface area contributed by atoms with Crippen molar-refractivity contribution < 1.29 is 9.53 Å². The number of benzene rings is 2. The topological polar surface area (TPSA) is 78.0 Å². The van der Waals surface area contributed by atoms with Crippen LogP contribution in [0.2, 0.25) is 5.02 Å². The quantitative estimate of drug-likeness (QED) is 0.432. The second-order valence-corrected chi connectivity index (χ2v) is 7.73. The van der Waals surface area contributed by atoms with Gasteiger partial charge in [0.15, 0.2) is 5.96 Å². The van der Waals surface area contributed by atoms with Gasteiger partial charge in [0.1, 0.15) is 0 Å². The Hall–Kier alpha value is -2.61. The van der Waals surface area contributed by atoms with E-state index < -0.39 is 0 Å². The first-order valence-electron chi connectivity index (χ1n) is 10.5. The summed E-state index contributed by atoms with van der Waals surface area (Å²) in [6, 6.07) is 15.5. The zero-order valence-electron chi connectivity index (χ0n) is 17.9. The third-order valence-electron chi connectivity index (χ3n) is 5.06. The summed E-state index contributed by atoms with van der Waals surface area (Å²) in [6.07, 6.45) is 0.473. The molecule has 1 saturated heterocycles. The van der Waals surface area contributed by atoms with Gasteiger partial charge in [-0.05, 0) is 29.3 Å². The van der Waals surface area contributed by atoms with E-state index in [1.165, 1.54) is 0 Å². The Morgan fingerprint density at radius 1 is 1.10 bits per heavy atom. The predicted octanol–water partition coefficient (Wildman–Crippen LogP) is 2.87. The number of guanidine groups is 1. The van der Waals surface area contributed by atoms with Gasteiger partial charge in [0, 0.05) is 56.9 Å². The fourth-order valence-electron chi connectivity index (χ4n) is 3.29. The first-order valence-corrected chi connectivity index (χ1v) is 10.9. The summed E-state index contributed by atoms with van der Waals surface area (Å²) >= 11 is 6.21. The molecule has 3 rings (SSSR count). The van der Waals surface area contributed by atoms with Crippen LogP contribution >= 0.6 is 11.6 Å². The van der Waals surface area contributed by atoms with Gasteiger partial charge >= 0.3 is 0 Å². The van der Waals surface area contributed by atoms with Crippen LogP contribution in [0.1, 0.15) is 17.5 Å². The molecular weight excluding hydrogens is 414 g/mol. The Morgan fingerprint density at radius 2 is 1.87 bits per heavy atom. The minimum absolute atomic E-state index is 0.0221. The van der Waals surface area contributed by atoms with Crippen molar-refractivity contribution in [3.63, 3.8) is 0 Å². The summed E-state index contributed by atoms with van der Waals surface area (Å²) < 4.78 is 5.34. The highest BCUT2D eigenvalue weighted by Crippen LogP contribution is 2.14. The maximum Gasteiger partial charge on any atom is 0.225 e. The Labute approximate surface area is 188 Å². The van der Waals surface area contributed by atoms with Gasteiger partial charge < -0.3 is 20.7 Å². The summed E-state index contributed by atoms with van der Waals surface area (Å²) in [5.41, 5.74) is 2.85. The molecule has 31 heavy (non-hydrogen) atoms. The number of halogens is 1. The molecule has 0 unspecified atom stereocenters. The largest absolute Gasteiger partial charge is 0.379 e. The second kappa shape index (κ2) is 12.3. The van der Waals surface area contributed by atoms with E-state index >= 15 is 0 Å². The number of rotatable bonds is 8. The monoisotopic (exact) mass is 443 g/mol. The van der Waals surface area contributed by atoms with E-state index in [2.05, 4.69) is 25.8 Å². The van der Waals surface area contributed by atoms with E-state index in [0.29, 0.717) is 25.5 Å². The van der Waals surface area contributed by atoms with Crippen LogP contribution in [0, 0.1) is 0 Å². The predicted molar refractivity (Wildman–Crippen MR) is 125 cm³/mol. The molecule has 0 bridgehead atoms. The number of morpholine rings is 1. The van der Waals surface area contributed by atoms with Crippen LogP contribution in [0.25, 0.3) is 0 Å². The third-order valence-corrected chi connectivity index (χ3v) is 5.43. The number of hydrogen-bond donors (Lipinski definition) is 3. The summed E-state index contributed by atoms with van der Waals surface area (Å²) in [4.78, 5) is 18.8. The minimum atomic E-state index is 0.0221. The highest BCUT2D eigenvalue weighted by molar-refractivity contribution is 6.31. The Bertz CT molecular complexity index is 884. The Balaban J connectivity index is 1.44. The van der Waals surface area contributed by atoms with Crippen molar-refractivity contribution in [1.29, 1.82) is 0 Å². The zero-order chi connectivity index (χ0) is 21.9. The summed E-state index contributed by atoms with van der Waals surface area (Å²) in [6.45, 7) is 5.18. The van der Waals surface area contributed by atoms with Gasteiger partial charge in [-0.15, -0.1) is 0 Å². The van der Waals surface area contributed by atoms with Gasteiger partial charge in [-0.3, -0.25) is 14.7 Å². The smallest absolute Gasteiger partial charge is 0.225 e. The minimum Gasteiger partial charge on any atom is -0.379 e. The number of amides is 1. The van der Waals surface area contributed by atoms with Crippen LogP contribution in [0.5, 0.6) is 0 Å². The second-order valence-electron chi connectivity index (χ2n) is 7.32. The lowest BCUT2D eigenvalue weighted by atomic mass is 10.2. The molecule has 0 aromatic heterocycles. The van der Waals surface area contributed by atoms with Crippen LogP contribution in [-0.2, 0) is 22.6 Å². The molecule has 0 saturated carbocycles. The molecule has 8 heteroatoms. The molecular formula is C23H30ClN5O2. The molecule has 1 amide bonds. The number of aliphatic imine (C=N–C) groups is 1. The Kier molecular flexibility index (Phi) is 9.15. The van der Waals surface area contributed by atoms with Crippen molar-refractivity contribution in [2.24, 2.45) is 4.99 Å². The molecule has 0 spiro atoms. The van der Waals surface area contributed by atoms with Crippen LogP contribution in [0.4, 0.5) is 5.69 Å². The van der Waals surface area contributed by atoms with E-state index in [0.717, 1.165) is 54.7 Å². The molecule has 1 heterocycles. The van der Waals surface area contributed by atoms with Crippen molar-refractivity contribution in [2.45, 2.75) is 19.5 Å². The fraction of sp³-hybridized carbons (Fsp3) is 0.391. The van der Waals surface area contributed by atoms with Gasteiger partial charge in [-0.25, -0.2) is 0 Å². The van der Waals surface area contributed by atoms with Crippen molar-refractivity contribution in [3.05, 3.63) is 64.7 Å². The van der Waals surface area contributed by atoms with E-state index in [1.807, 2.05) is 48.5 Å². The van der Waals surface area contributed by atoms with E-state index in [1.54, 1.807) is 7.05 Å². The van der Waals surface area contributed by atoms with Crippen molar-refractivity contribution in [3.8, 4) is 0 Å². The average Bonchev–Trinajstić information content (AvgIpc) is 2.80. The van der Waals surface area contributed by atoms with Gasteiger partial charge in [0.05, 0.1) is 13.2 Å². The normalized spacial score (nSPS) is 14.8. The lowest BCUT2D eigenvalue weighted by Crippen LogP contribution is -2.38. The van der Waals surface area contributed by atoms with Crippen molar-refractivity contribution >= 4 is 29.2 Å². The molecule has 2 aromatic carbocycles. The summed E-state index contributed by atoms with van der Waals surface area (Å²) in [5, 5.41) is 10.3. The van der Waals surface area contributed by atoms with Crippen LogP contribution in [0.15, 0.2) is 53.5 Å². The van der Waals surface area contributed by atoms with Crippen molar-refractivity contribution in [1.82, 2.24) is 15.5 Å². The zero-order valence-corrected chi connectivity index (χ0v) is 18.6. The van der Waals surface area contributed by atoms with E-state index in [4.69, 9.17) is 16.3 Å². The van der Waals surface area contributed by atoms with E-state index in [9.17, 15) is 4.79 Å². The average molecular weight is 444 g/mol. The highest BCUT2D eigenvalue weighted by atomic mass is 35.5. The first kappa shape index (κ1) is 23.1. The van der Waals surface area contributed by atoms with Gasteiger partial charge in [-0.2, -0.15) is 0 Å².